The molecule has 8 heteroatoms. The maximum atomic E-state index is 13.5. The highest BCUT2D eigenvalue weighted by atomic mass is 16.5. The first-order valence-corrected chi connectivity index (χ1v) is 9.70. The van der Waals surface area contributed by atoms with E-state index in [2.05, 4.69) is 5.32 Å². The second-order valence-electron chi connectivity index (χ2n) is 6.72. The Labute approximate surface area is 173 Å². The summed E-state index contributed by atoms with van der Waals surface area (Å²) in [6.45, 7) is 2.52. The van der Waals surface area contributed by atoms with Crippen LogP contribution in [0.15, 0.2) is 58.1 Å². The summed E-state index contributed by atoms with van der Waals surface area (Å²) in [6.07, 6.45) is 0.379. The third kappa shape index (κ3) is 3.99. The molecule has 30 heavy (non-hydrogen) atoms. The summed E-state index contributed by atoms with van der Waals surface area (Å²) < 4.78 is 12.6. The van der Waals surface area contributed by atoms with Crippen molar-refractivity contribution in [2.45, 2.75) is 19.4 Å². The zero-order valence-corrected chi connectivity index (χ0v) is 17.3. The quantitative estimate of drug-likeness (QED) is 0.572. The van der Waals surface area contributed by atoms with Gasteiger partial charge in [0.05, 0.1) is 30.3 Å². The molecular weight excluding hydrogens is 386 g/mol. The Bertz CT molecular complexity index is 1150. The highest BCUT2D eigenvalue weighted by Gasteiger charge is 2.24. The molecule has 0 bridgehead atoms. The van der Waals surface area contributed by atoms with Crippen LogP contribution in [0.4, 0.5) is 0 Å². The number of hydrogen-bond acceptors (Lipinski definition) is 5. The fourth-order valence-electron chi connectivity index (χ4n) is 3.42. The van der Waals surface area contributed by atoms with E-state index in [1.54, 1.807) is 55.6 Å². The molecule has 3 rings (SSSR count). The number of rotatable bonds is 8. The molecule has 2 aromatic carbocycles. The number of hydrogen-bond donors (Lipinski definition) is 1. The number of methoxy groups -OCH3 is 2. The summed E-state index contributed by atoms with van der Waals surface area (Å²) in [5.41, 5.74) is -0.185. The second kappa shape index (κ2) is 9.41. The van der Waals surface area contributed by atoms with Gasteiger partial charge in [0, 0.05) is 13.7 Å². The number of carbonyl (C=O) groups is 1. The lowest BCUT2D eigenvalue weighted by Crippen LogP contribution is -2.44. The van der Waals surface area contributed by atoms with Crippen molar-refractivity contribution < 1.29 is 14.3 Å². The molecule has 158 valence electrons. The third-order valence-electron chi connectivity index (χ3n) is 4.93. The molecule has 0 saturated carbocycles. The fourth-order valence-corrected chi connectivity index (χ4v) is 3.42. The monoisotopic (exact) mass is 411 g/mol. The van der Waals surface area contributed by atoms with Crippen molar-refractivity contribution in [1.29, 1.82) is 0 Å². The van der Waals surface area contributed by atoms with Crippen molar-refractivity contribution in [2.24, 2.45) is 0 Å². The van der Waals surface area contributed by atoms with Gasteiger partial charge in [0.25, 0.3) is 5.56 Å². The number of fused-ring (bicyclic) bond motifs is 1. The van der Waals surface area contributed by atoms with E-state index in [1.807, 2.05) is 6.92 Å². The molecule has 1 N–H and O–H groups in total. The highest BCUT2D eigenvalue weighted by Crippen LogP contribution is 2.18. The molecule has 0 radical (unpaired) electrons. The van der Waals surface area contributed by atoms with Crippen LogP contribution in [0.1, 0.15) is 19.4 Å². The Hall–Kier alpha value is -3.39. The van der Waals surface area contributed by atoms with Crippen LogP contribution in [0.2, 0.25) is 0 Å². The molecule has 0 aliphatic carbocycles. The van der Waals surface area contributed by atoms with Gasteiger partial charge >= 0.3 is 5.69 Å². The summed E-state index contributed by atoms with van der Waals surface area (Å²) in [6, 6.07) is 12.7. The number of ether oxygens (including phenoxy) is 2. The van der Waals surface area contributed by atoms with Crippen LogP contribution >= 0.6 is 0 Å². The SMILES string of the molecule is CCC(C(=O)NCCOC)n1c(=O)n(-c2ccc(OC)cc2)c(=O)c2ccccc21. The van der Waals surface area contributed by atoms with Crippen molar-refractivity contribution >= 4 is 16.8 Å². The minimum atomic E-state index is -0.774. The van der Waals surface area contributed by atoms with Crippen molar-refractivity contribution in [3.05, 3.63) is 69.4 Å². The van der Waals surface area contributed by atoms with E-state index in [1.165, 1.54) is 11.7 Å². The van der Waals surface area contributed by atoms with E-state index in [9.17, 15) is 14.4 Å². The molecule has 0 saturated heterocycles. The average molecular weight is 411 g/mol. The molecule has 8 nitrogen and oxygen atoms in total. The maximum Gasteiger partial charge on any atom is 0.336 e. The first kappa shape index (κ1) is 21.3. The summed E-state index contributed by atoms with van der Waals surface area (Å²) in [5, 5.41) is 3.14. The van der Waals surface area contributed by atoms with Crippen molar-refractivity contribution in [3.8, 4) is 11.4 Å². The van der Waals surface area contributed by atoms with Gasteiger partial charge in [0.2, 0.25) is 5.91 Å². The van der Waals surface area contributed by atoms with Gasteiger partial charge in [-0.3, -0.25) is 14.2 Å². The van der Waals surface area contributed by atoms with E-state index < -0.39 is 17.3 Å². The predicted molar refractivity (Wildman–Crippen MR) is 115 cm³/mol. The summed E-state index contributed by atoms with van der Waals surface area (Å²) in [7, 11) is 3.09. The Morgan fingerprint density at radius 3 is 2.40 bits per heavy atom. The standard InChI is InChI=1S/C22H25N3O5/c1-4-18(20(26)23-13-14-29-2)25-19-8-6-5-7-17(19)21(27)24(22(25)28)15-9-11-16(30-3)12-10-15/h5-12,18H,4,13-14H2,1-3H3,(H,23,26). The van der Waals surface area contributed by atoms with Crippen LogP contribution in [-0.2, 0) is 9.53 Å². The van der Waals surface area contributed by atoms with Gasteiger partial charge in [-0.2, -0.15) is 0 Å². The number of amides is 1. The van der Waals surface area contributed by atoms with Crippen LogP contribution in [0.25, 0.3) is 16.6 Å². The Kier molecular flexibility index (Phi) is 6.68. The van der Waals surface area contributed by atoms with Crippen LogP contribution < -0.4 is 21.3 Å². The molecule has 1 heterocycles. The van der Waals surface area contributed by atoms with Gasteiger partial charge in [0.1, 0.15) is 11.8 Å². The van der Waals surface area contributed by atoms with Gasteiger partial charge in [-0.05, 0) is 42.8 Å². The first-order chi connectivity index (χ1) is 14.5. The number of nitrogens with one attached hydrogen (secondary N) is 1. The molecule has 1 unspecified atom stereocenters. The van der Waals surface area contributed by atoms with E-state index in [0.29, 0.717) is 41.9 Å². The number of benzene rings is 2. The maximum absolute atomic E-state index is 13.5. The number of nitrogens with zero attached hydrogens (tertiary/aromatic N) is 2. The molecule has 0 aliphatic heterocycles. The number of carbonyl (C=O) groups excluding carboxylic acids is 1. The lowest BCUT2D eigenvalue weighted by Gasteiger charge is -2.21. The molecule has 1 atom stereocenters. The van der Waals surface area contributed by atoms with Crippen LogP contribution in [0, 0.1) is 0 Å². The molecular formula is C22H25N3O5. The van der Waals surface area contributed by atoms with Gasteiger partial charge in [0.15, 0.2) is 0 Å². The van der Waals surface area contributed by atoms with Gasteiger partial charge < -0.3 is 14.8 Å². The van der Waals surface area contributed by atoms with Gasteiger partial charge in [-0.1, -0.05) is 19.1 Å². The first-order valence-electron chi connectivity index (χ1n) is 9.70. The minimum absolute atomic E-state index is 0.304. The van der Waals surface area contributed by atoms with E-state index in [-0.39, 0.29) is 5.91 Å². The smallest absolute Gasteiger partial charge is 0.336 e. The molecule has 3 aromatic rings. The van der Waals surface area contributed by atoms with Gasteiger partial charge in [-0.25, -0.2) is 9.36 Å². The Balaban J connectivity index is 2.24. The third-order valence-corrected chi connectivity index (χ3v) is 4.93. The zero-order chi connectivity index (χ0) is 21.7. The molecule has 1 aromatic heterocycles. The normalized spacial score (nSPS) is 12.0. The highest BCUT2D eigenvalue weighted by molar-refractivity contribution is 5.84. The second-order valence-corrected chi connectivity index (χ2v) is 6.72. The number of aromatic nitrogens is 2. The Morgan fingerprint density at radius 2 is 1.77 bits per heavy atom. The van der Waals surface area contributed by atoms with Crippen LogP contribution in [-0.4, -0.2) is 42.4 Å². The van der Waals surface area contributed by atoms with Crippen molar-refractivity contribution in [1.82, 2.24) is 14.5 Å². The molecule has 0 spiro atoms. The largest absolute Gasteiger partial charge is 0.497 e. The lowest BCUT2D eigenvalue weighted by atomic mass is 10.1. The molecule has 0 aliphatic rings. The van der Waals surface area contributed by atoms with Gasteiger partial charge in [-0.15, -0.1) is 0 Å². The topological polar surface area (TPSA) is 91.6 Å². The minimum Gasteiger partial charge on any atom is -0.497 e. The Morgan fingerprint density at radius 1 is 1.07 bits per heavy atom. The predicted octanol–water partition coefficient (Wildman–Crippen LogP) is 1.87. The fraction of sp³-hybridized carbons (Fsp3) is 0.318. The summed E-state index contributed by atoms with van der Waals surface area (Å²) in [4.78, 5) is 39.5. The summed E-state index contributed by atoms with van der Waals surface area (Å²) >= 11 is 0. The van der Waals surface area contributed by atoms with E-state index in [0.717, 1.165) is 4.57 Å². The zero-order valence-electron chi connectivity index (χ0n) is 17.3. The van der Waals surface area contributed by atoms with Crippen molar-refractivity contribution in [3.63, 3.8) is 0 Å². The number of para-hydroxylation sites is 1. The summed E-state index contributed by atoms with van der Waals surface area (Å²) in [5.74, 6) is 0.304. The van der Waals surface area contributed by atoms with Crippen molar-refractivity contribution in [2.75, 3.05) is 27.4 Å². The average Bonchev–Trinajstić information content (AvgIpc) is 2.77. The molecule has 1 amide bonds. The lowest BCUT2D eigenvalue weighted by molar-refractivity contribution is -0.124. The van der Waals surface area contributed by atoms with Crippen LogP contribution in [0.5, 0.6) is 5.75 Å². The van der Waals surface area contributed by atoms with E-state index >= 15 is 0 Å². The van der Waals surface area contributed by atoms with Crippen LogP contribution in [0.3, 0.4) is 0 Å². The van der Waals surface area contributed by atoms with E-state index in [4.69, 9.17) is 9.47 Å². The molecule has 0 fully saturated rings.